The van der Waals surface area contributed by atoms with Crippen LogP contribution in [-0.2, 0) is 0 Å². The number of guanidine groups is 1. The Labute approximate surface area is 168 Å². The number of anilines is 1. The lowest BCUT2D eigenvalue weighted by Crippen LogP contribution is -2.49. The molecule has 0 radical (unpaired) electrons. The summed E-state index contributed by atoms with van der Waals surface area (Å²) in [6.45, 7) is 2.10. The maximum absolute atomic E-state index is 14.1. The lowest BCUT2D eigenvalue weighted by molar-refractivity contribution is 0.462. The molecule has 0 spiro atoms. The smallest absolute Gasteiger partial charge is 0.191 e. The summed E-state index contributed by atoms with van der Waals surface area (Å²) in [5.41, 5.74) is 0.622. The number of piperidine rings is 1. The standard InChI is InChI=1S/C20H24ClFN4S/c1-23-20(24-13-7-9-26(10-8-13)18-6-3-11-27-18)25-17-12-14(17)19-15(21)4-2-5-16(19)22/h2-6,11,13-14,17H,7-10,12H2,1H3,(H2,23,24,25). The third kappa shape index (κ3) is 4.22. The van der Waals surface area contributed by atoms with Crippen molar-refractivity contribution in [3.63, 3.8) is 0 Å². The molecule has 1 aliphatic carbocycles. The maximum Gasteiger partial charge on any atom is 0.191 e. The van der Waals surface area contributed by atoms with Gasteiger partial charge < -0.3 is 15.5 Å². The highest BCUT2D eigenvalue weighted by atomic mass is 35.5. The largest absolute Gasteiger partial charge is 0.363 e. The number of benzene rings is 1. The van der Waals surface area contributed by atoms with Crippen LogP contribution in [0, 0.1) is 5.82 Å². The third-order valence-corrected chi connectivity index (χ3v) is 6.62. The molecule has 1 aromatic heterocycles. The van der Waals surface area contributed by atoms with Crippen LogP contribution in [0.25, 0.3) is 0 Å². The number of hydrogen-bond acceptors (Lipinski definition) is 3. The van der Waals surface area contributed by atoms with E-state index in [1.165, 1.54) is 11.1 Å². The van der Waals surface area contributed by atoms with Crippen LogP contribution < -0.4 is 15.5 Å². The van der Waals surface area contributed by atoms with Crippen molar-refractivity contribution < 1.29 is 4.39 Å². The molecule has 2 unspecified atom stereocenters. The Bertz CT molecular complexity index is 782. The number of aliphatic imine (C=N–C) groups is 1. The summed E-state index contributed by atoms with van der Waals surface area (Å²) in [6, 6.07) is 9.74. The van der Waals surface area contributed by atoms with E-state index in [1.54, 1.807) is 30.5 Å². The molecule has 2 heterocycles. The Balaban J connectivity index is 1.29. The molecule has 144 valence electrons. The average molecular weight is 407 g/mol. The second-order valence-corrected chi connectivity index (χ2v) is 8.49. The molecule has 0 bridgehead atoms. The molecule has 7 heteroatoms. The van der Waals surface area contributed by atoms with Gasteiger partial charge in [-0.05, 0) is 48.9 Å². The summed E-state index contributed by atoms with van der Waals surface area (Å²) >= 11 is 7.99. The van der Waals surface area contributed by atoms with E-state index in [1.807, 2.05) is 0 Å². The summed E-state index contributed by atoms with van der Waals surface area (Å²) in [6.07, 6.45) is 3.02. The second kappa shape index (κ2) is 8.07. The van der Waals surface area contributed by atoms with Gasteiger partial charge in [-0.25, -0.2) is 4.39 Å². The molecular formula is C20H24ClFN4S. The van der Waals surface area contributed by atoms with Crippen molar-refractivity contribution in [2.75, 3.05) is 25.0 Å². The third-order valence-electron chi connectivity index (χ3n) is 5.36. The van der Waals surface area contributed by atoms with E-state index in [4.69, 9.17) is 11.6 Å². The minimum atomic E-state index is -0.222. The first-order valence-corrected chi connectivity index (χ1v) is 10.6. The van der Waals surface area contributed by atoms with Gasteiger partial charge in [0.05, 0.1) is 5.00 Å². The molecule has 4 nitrogen and oxygen atoms in total. The van der Waals surface area contributed by atoms with Crippen molar-refractivity contribution in [1.82, 2.24) is 10.6 Å². The SMILES string of the molecule is CN=C(NC1CCN(c2cccs2)CC1)NC1CC1c1c(F)cccc1Cl. The zero-order chi connectivity index (χ0) is 18.8. The number of nitrogens with zero attached hydrogens (tertiary/aromatic N) is 2. The Hall–Kier alpha value is -1.79. The summed E-state index contributed by atoms with van der Waals surface area (Å²) in [4.78, 5) is 6.80. The van der Waals surface area contributed by atoms with Gasteiger partial charge in [0.1, 0.15) is 5.82 Å². The van der Waals surface area contributed by atoms with Crippen molar-refractivity contribution in [3.8, 4) is 0 Å². The zero-order valence-electron chi connectivity index (χ0n) is 15.3. The van der Waals surface area contributed by atoms with Crippen molar-refractivity contribution >= 4 is 33.9 Å². The van der Waals surface area contributed by atoms with Gasteiger partial charge in [-0.3, -0.25) is 4.99 Å². The molecule has 2 fully saturated rings. The van der Waals surface area contributed by atoms with Crippen LogP contribution in [0.5, 0.6) is 0 Å². The molecule has 2 aromatic rings. The van der Waals surface area contributed by atoms with Gasteiger partial charge in [0.25, 0.3) is 0 Å². The van der Waals surface area contributed by atoms with E-state index in [0.717, 1.165) is 38.3 Å². The normalized spacial score (nSPS) is 23.4. The van der Waals surface area contributed by atoms with Gasteiger partial charge in [-0.2, -0.15) is 0 Å². The fourth-order valence-corrected chi connectivity index (χ4v) is 4.86. The fourth-order valence-electron chi connectivity index (χ4n) is 3.77. The Kier molecular flexibility index (Phi) is 5.55. The van der Waals surface area contributed by atoms with Crippen LogP contribution in [0.15, 0.2) is 40.7 Å². The molecule has 2 atom stereocenters. The quantitative estimate of drug-likeness (QED) is 0.589. The van der Waals surface area contributed by atoms with Crippen LogP contribution in [-0.4, -0.2) is 38.2 Å². The minimum absolute atomic E-state index is 0.109. The molecule has 1 saturated heterocycles. The Morgan fingerprint density at radius 1 is 1.22 bits per heavy atom. The van der Waals surface area contributed by atoms with Crippen molar-refractivity contribution in [3.05, 3.63) is 52.1 Å². The van der Waals surface area contributed by atoms with Gasteiger partial charge in [-0.15, -0.1) is 11.3 Å². The number of nitrogens with one attached hydrogen (secondary N) is 2. The number of hydrogen-bond donors (Lipinski definition) is 2. The molecule has 4 rings (SSSR count). The van der Waals surface area contributed by atoms with Crippen LogP contribution in [0.1, 0.15) is 30.7 Å². The van der Waals surface area contributed by atoms with Gasteiger partial charge in [0.2, 0.25) is 0 Å². The number of thiophene rings is 1. The van der Waals surface area contributed by atoms with E-state index in [0.29, 0.717) is 16.6 Å². The zero-order valence-corrected chi connectivity index (χ0v) is 16.9. The van der Waals surface area contributed by atoms with Crippen LogP contribution in [0.3, 0.4) is 0 Å². The Morgan fingerprint density at radius 3 is 2.70 bits per heavy atom. The number of rotatable bonds is 4. The minimum Gasteiger partial charge on any atom is -0.363 e. The highest BCUT2D eigenvalue weighted by Gasteiger charge is 2.42. The molecule has 1 aliphatic heterocycles. The lowest BCUT2D eigenvalue weighted by atomic mass is 10.1. The van der Waals surface area contributed by atoms with E-state index >= 15 is 0 Å². The molecule has 2 aliphatic rings. The van der Waals surface area contributed by atoms with E-state index in [-0.39, 0.29) is 17.8 Å². The lowest BCUT2D eigenvalue weighted by Gasteiger charge is -2.33. The number of halogens is 2. The van der Waals surface area contributed by atoms with Crippen LogP contribution in [0.4, 0.5) is 9.39 Å². The van der Waals surface area contributed by atoms with Crippen LogP contribution >= 0.6 is 22.9 Å². The Morgan fingerprint density at radius 2 is 2.04 bits per heavy atom. The molecular weight excluding hydrogens is 383 g/mol. The molecule has 0 amide bonds. The molecule has 1 saturated carbocycles. The first-order valence-electron chi connectivity index (χ1n) is 9.38. The monoisotopic (exact) mass is 406 g/mol. The maximum atomic E-state index is 14.1. The van der Waals surface area contributed by atoms with Gasteiger partial charge in [0, 0.05) is 48.7 Å². The summed E-state index contributed by atoms with van der Waals surface area (Å²) in [7, 11) is 1.78. The van der Waals surface area contributed by atoms with E-state index in [9.17, 15) is 4.39 Å². The van der Waals surface area contributed by atoms with Crippen LogP contribution in [0.2, 0.25) is 5.02 Å². The van der Waals surface area contributed by atoms with Gasteiger partial charge in [-0.1, -0.05) is 17.7 Å². The van der Waals surface area contributed by atoms with Gasteiger partial charge in [0.15, 0.2) is 5.96 Å². The topological polar surface area (TPSA) is 39.7 Å². The predicted molar refractivity (Wildman–Crippen MR) is 112 cm³/mol. The molecule has 27 heavy (non-hydrogen) atoms. The highest BCUT2D eigenvalue weighted by molar-refractivity contribution is 7.14. The average Bonchev–Trinajstić information content (AvgIpc) is 3.18. The van der Waals surface area contributed by atoms with E-state index < -0.39 is 0 Å². The first-order chi connectivity index (χ1) is 13.2. The van der Waals surface area contributed by atoms with E-state index in [2.05, 4.69) is 38.0 Å². The second-order valence-electron chi connectivity index (χ2n) is 7.16. The van der Waals surface area contributed by atoms with Gasteiger partial charge >= 0.3 is 0 Å². The van der Waals surface area contributed by atoms with Crippen molar-refractivity contribution in [2.45, 2.75) is 37.3 Å². The molecule has 2 N–H and O–H groups in total. The predicted octanol–water partition coefficient (Wildman–Crippen LogP) is 4.23. The van der Waals surface area contributed by atoms with Crippen molar-refractivity contribution in [1.29, 1.82) is 0 Å². The summed E-state index contributed by atoms with van der Waals surface area (Å²) < 4.78 is 14.1. The molecule has 1 aromatic carbocycles. The summed E-state index contributed by atoms with van der Waals surface area (Å²) in [5, 5.41) is 10.9. The van der Waals surface area contributed by atoms with Crippen molar-refractivity contribution in [2.24, 2.45) is 4.99 Å². The summed E-state index contributed by atoms with van der Waals surface area (Å²) in [5.74, 6) is 0.683. The first kappa shape index (κ1) is 18.6. The fraction of sp³-hybridized carbons (Fsp3) is 0.450. The highest BCUT2D eigenvalue weighted by Crippen LogP contribution is 2.44.